The Hall–Kier alpha value is -2.96. The van der Waals surface area contributed by atoms with Crippen LogP contribution < -0.4 is 5.32 Å². The molecule has 130 valence electrons. The van der Waals surface area contributed by atoms with Gasteiger partial charge in [-0.2, -0.15) is 0 Å². The van der Waals surface area contributed by atoms with Crippen molar-refractivity contribution in [2.45, 2.75) is 12.5 Å². The quantitative estimate of drug-likeness (QED) is 0.913. The number of likely N-dealkylation sites (tertiary alicyclic amines) is 1. The fourth-order valence-corrected chi connectivity index (χ4v) is 2.79. The monoisotopic (exact) mass is 339 g/mol. The van der Waals surface area contributed by atoms with Crippen molar-refractivity contribution < 1.29 is 9.59 Å². The van der Waals surface area contributed by atoms with Crippen LogP contribution in [0.25, 0.3) is 0 Å². The molecule has 1 atom stereocenters. The molecule has 1 unspecified atom stereocenters. The highest BCUT2D eigenvalue weighted by molar-refractivity contribution is 5.93. The molecule has 1 aliphatic rings. The van der Waals surface area contributed by atoms with Crippen molar-refractivity contribution in [3.8, 4) is 0 Å². The van der Waals surface area contributed by atoms with Crippen LogP contribution >= 0.6 is 0 Å². The van der Waals surface area contributed by atoms with E-state index in [1.807, 2.05) is 6.07 Å². The number of aromatic nitrogens is 2. The first kappa shape index (κ1) is 16.9. The van der Waals surface area contributed by atoms with Crippen LogP contribution in [-0.4, -0.2) is 64.8 Å². The zero-order valence-corrected chi connectivity index (χ0v) is 14.3. The lowest BCUT2D eigenvalue weighted by atomic mass is 10.2. The molecule has 1 saturated heterocycles. The summed E-state index contributed by atoms with van der Waals surface area (Å²) >= 11 is 0. The fourth-order valence-electron chi connectivity index (χ4n) is 2.79. The van der Waals surface area contributed by atoms with Crippen molar-refractivity contribution in [1.29, 1.82) is 0 Å². The number of rotatable bonds is 4. The summed E-state index contributed by atoms with van der Waals surface area (Å²) in [6.07, 6.45) is 4.04. The maximum absolute atomic E-state index is 12.4. The summed E-state index contributed by atoms with van der Waals surface area (Å²) in [5.41, 5.74) is 1.02. The molecule has 2 aromatic heterocycles. The maximum atomic E-state index is 12.4. The first-order valence-corrected chi connectivity index (χ1v) is 8.19. The summed E-state index contributed by atoms with van der Waals surface area (Å²) in [7, 11) is 3.42. The minimum Gasteiger partial charge on any atom is -0.365 e. The van der Waals surface area contributed by atoms with Gasteiger partial charge in [0.15, 0.2) is 0 Å². The molecule has 1 aliphatic heterocycles. The Bertz CT molecular complexity index is 746. The van der Waals surface area contributed by atoms with Gasteiger partial charge in [0.05, 0.1) is 5.56 Å². The summed E-state index contributed by atoms with van der Waals surface area (Å²) in [6, 6.07) is 9.01. The topological polar surface area (TPSA) is 78.4 Å². The van der Waals surface area contributed by atoms with Gasteiger partial charge in [-0.15, -0.1) is 0 Å². The van der Waals surface area contributed by atoms with Crippen LogP contribution in [0.4, 0.5) is 5.82 Å². The van der Waals surface area contributed by atoms with Gasteiger partial charge in [-0.25, -0.2) is 4.98 Å². The summed E-state index contributed by atoms with van der Waals surface area (Å²) in [5, 5.41) is 3.32. The van der Waals surface area contributed by atoms with Crippen molar-refractivity contribution in [3.05, 3.63) is 54.0 Å². The molecule has 1 fully saturated rings. The Kier molecular flexibility index (Phi) is 4.92. The van der Waals surface area contributed by atoms with Gasteiger partial charge in [0.25, 0.3) is 11.8 Å². The number of nitrogens with one attached hydrogen (secondary N) is 1. The zero-order chi connectivity index (χ0) is 17.8. The Morgan fingerprint density at radius 3 is 2.68 bits per heavy atom. The van der Waals surface area contributed by atoms with Crippen LogP contribution in [0.1, 0.15) is 27.3 Å². The van der Waals surface area contributed by atoms with Crippen molar-refractivity contribution in [3.63, 3.8) is 0 Å². The lowest BCUT2D eigenvalue weighted by Gasteiger charge is -2.17. The Balaban J connectivity index is 1.58. The highest BCUT2D eigenvalue weighted by Gasteiger charge is 2.27. The first-order chi connectivity index (χ1) is 12.0. The minimum atomic E-state index is -0.0768. The van der Waals surface area contributed by atoms with Gasteiger partial charge in [-0.1, -0.05) is 6.07 Å². The molecule has 3 rings (SSSR count). The molecule has 7 heteroatoms. The number of amides is 2. The minimum absolute atomic E-state index is 0.0511. The van der Waals surface area contributed by atoms with Crippen molar-refractivity contribution in [2.75, 3.05) is 32.5 Å². The molecule has 0 aromatic carbocycles. The molecule has 3 heterocycles. The molecular weight excluding hydrogens is 318 g/mol. The van der Waals surface area contributed by atoms with E-state index in [0.717, 1.165) is 6.42 Å². The Labute approximate surface area is 146 Å². The van der Waals surface area contributed by atoms with Crippen LogP contribution in [0, 0.1) is 0 Å². The summed E-state index contributed by atoms with van der Waals surface area (Å²) < 4.78 is 0. The van der Waals surface area contributed by atoms with Gasteiger partial charge in [-0.3, -0.25) is 14.6 Å². The average molecular weight is 339 g/mol. The average Bonchev–Trinajstić information content (AvgIpc) is 3.10. The van der Waals surface area contributed by atoms with Gasteiger partial charge in [-0.05, 0) is 30.7 Å². The third kappa shape index (κ3) is 3.93. The fraction of sp³-hybridized carbons (Fsp3) is 0.333. The van der Waals surface area contributed by atoms with E-state index in [2.05, 4.69) is 15.3 Å². The van der Waals surface area contributed by atoms with Gasteiger partial charge in [0.2, 0.25) is 0 Å². The molecule has 1 N–H and O–H groups in total. The number of nitrogens with zero attached hydrogens (tertiary/aromatic N) is 4. The highest BCUT2D eigenvalue weighted by Crippen LogP contribution is 2.17. The molecule has 2 aromatic rings. The second-order valence-electron chi connectivity index (χ2n) is 6.23. The zero-order valence-electron chi connectivity index (χ0n) is 14.3. The van der Waals surface area contributed by atoms with Gasteiger partial charge < -0.3 is 15.1 Å². The van der Waals surface area contributed by atoms with Crippen molar-refractivity contribution in [2.24, 2.45) is 0 Å². The number of pyridine rings is 2. The molecule has 0 saturated carbocycles. The van der Waals surface area contributed by atoms with E-state index in [1.165, 1.54) is 4.90 Å². The maximum Gasteiger partial charge on any atom is 0.272 e. The predicted octanol–water partition coefficient (Wildman–Crippen LogP) is 1.50. The predicted molar refractivity (Wildman–Crippen MR) is 94.4 cm³/mol. The molecule has 0 radical (unpaired) electrons. The van der Waals surface area contributed by atoms with E-state index in [9.17, 15) is 9.59 Å². The third-order valence-corrected chi connectivity index (χ3v) is 4.13. The van der Waals surface area contributed by atoms with E-state index in [1.54, 1.807) is 55.7 Å². The Morgan fingerprint density at radius 1 is 1.20 bits per heavy atom. The molecule has 0 bridgehead atoms. The number of carbonyl (C=O) groups is 2. The van der Waals surface area contributed by atoms with Crippen molar-refractivity contribution >= 4 is 17.6 Å². The highest BCUT2D eigenvalue weighted by atomic mass is 16.2. The second kappa shape index (κ2) is 7.29. The van der Waals surface area contributed by atoms with E-state index in [-0.39, 0.29) is 17.9 Å². The van der Waals surface area contributed by atoms with E-state index in [0.29, 0.717) is 30.2 Å². The van der Waals surface area contributed by atoms with Crippen LogP contribution in [0.3, 0.4) is 0 Å². The van der Waals surface area contributed by atoms with Gasteiger partial charge in [0, 0.05) is 45.6 Å². The third-order valence-electron chi connectivity index (χ3n) is 4.13. The lowest BCUT2D eigenvalue weighted by molar-refractivity contribution is 0.0784. The van der Waals surface area contributed by atoms with Crippen LogP contribution in [0.2, 0.25) is 0 Å². The molecule has 7 nitrogen and oxygen atoms in total. The lowest BCUT2D eigenvalue weighted by Crippen LogP contribution is -2.32. The SMILES string of the molecule is CN(C)C(=O)c1ccc(NC2CCN(C(=O)c3ccccn3)C2)nc1. The van der Waals surface area contributed by atoms with E-state index < -0.39 is 0 Å². The van der Waals surface area contributed by atoms with Crippen molar-refractivity contribution in [1.82, 2.24) is 19.8 Å². The van der Waals surface area contributed by atoms with E-state index >= 15 is 0 Å². The smallest absolute Gasteiger partial charge is 0.272 e. The largest absolute Gasteiger partial charge is 0.365 e. The van der Waals surface area contributed by atoms with Gasteiger partial charge in [0.1, 0.15) is 11.5 Å². The number of carbonyl (C=O) groups excluding carboxylic acids is 2. The Morgan fingerprint density at radius 2 is 2.04 bits per heavy atom. The van der Waals surface area contributed by atoms with Gasteiger partial charge >= 0.3 is 0 Å². The molecule has 25 heavy (non-hydrogen) atoms. The van der Waals surface area contributed by atoms with Crippen LogP contribution in [0.5, 0.6) is 0 Å². The van der Waals surface area contributed by atoms with Crippen LogP contribution in [0.15, 0.2) is 42.7 Å². The molecule has 0 spiro atoms. The second-order valence-corrected chi connectivity index (χ2v) is 6.23. The number of hydrogen-bond donors (Lipinski definition) is 1. The molecule has 2 amide bonds. The number of hydrogen-bond acceptors (Lipinski definition) is 5. The summed E-state index contributed by atoms with van der Waals surface area (Å²) in [6.45, 7) is 1.29. The van der Waals surface area contributed by atoms with E-state index in [4.69, 9.17) is 0 Å². The normalized spacial score (nSPS) is 16.6. The number of anilines is 1. The van der Waals surface area contributed by atoms with Crippen LogP contribution in [-0.2, 0) is 0 Å². The molecular formula is C18H21N5O2. The molecule has 0 aliphatic carbocycles. The summed E-state index contributed by atoms with van der Waals surface area (Å²) in [4.78, 5) is 36.0. The summed E-state index contributed by atoms with van der Waals surface area (Å²) in [5.74, 6) is 0.573. The first-order valence-electron chi connectivity index (χ1n) is 8.19. The standard InChI is InChI=1S/C18H21N5O2/c1-22(2)17(24)13-6-7-16(20-11-13)21-14-8-10-23(12-14)18(25)15-5-3-4-9-19-15/h3-7,9,11,14H,8,10,12H2,1-2H3,(H,20,21).